The zero-order valence-corrected chi connectivity index (χ0v) is 14.8. The van der Waals surface area contributed by atoms with E-state index in [0.717, 1.165) is 31.7 Å². The van der Waals surface area contributed by atoms with E-state index in [9.17, 15) is 4.79 Å². The number of rotatable bonds is 3. The van der Waals surface area contributed by atoms with Crippen molar-refractivity contribution < 1.29 is 9.53 Å². The quantitative estimate of drug-likeness (QED) is 0.660. The molecule has 0 atom stereocenters. The SMILES string of the molecule is CC(C)(C)OC(=O)NCCC#Cc1ccc(N2CCNCC2)cc1. The summed E-state index contributed by atoms with van der Waals surface area (Å²) in [6.45, 7) is 10.2. The average Bonchev–Trinajstić information content (AvgIpc) is 2.54. The van der Waals surface area contributed by atoms with Crippen LogP contribution in [-0.4, -0.2) is 44.4 Å². The van der Waals surface area contributed by atoms with Crippen LogP contribution >= 0.6 is 0 Å². The number of nitrogens with zero attached hydrogens (tertiary/aromatic N) is 1. The van der Waals surface area contributed by atoms with Crippen LogP contribution in [0.25, 0.3) is 0 Å². The van der Waals surface area contributed by atoms with E-state index < -0.39 is 11.7 Å². The smallest absolute Gasteiger partial charge is 0.407 e. The molecule has 0 aliphatic carbocycles. The first-order valence-electron chi connectivity index (χ1n) is 8.45. The molecule has 1 aliphatic rings. The highest BCUT2D eigenvalue weighted by Crippen LogP contribution is 2.15. The Morgan fingerprint density at radius 1 is 1.25 bits per heavy atom. The van der Waals surface area contributed by atoms with Crippen LogP contribution in [0.3, 0.4) is 0 Å². The van der Waals surface area contributed by atoms with Crippen molar-refractivity contribution in [2.45, 2.75) is 32.8 Å². The molecule has 1 aromatic carbocycles. The molecule has 24 heavy (non-hydrogen) atoms. The summed E-state index contributed by atoms with van der Waals surface area (Å²) in [7, 11) is 0. The van der Waals surface area contributed by atoms with E-state index in [2.05, 4.69) is 39.5 Å². The van der Waals surface area contributed by atoms with Crippen LogP contribution in [0.2, 0.25) is 0 Å². The summed E-state index contributed by atoms with van der Waals surface area (Å²) in [4.78, 5) is 13.9. The minimum absolute atomic E-state index is 0.398. The predicted octanol–water partition coefficient (Wildman–Crippen LogP) is 2.36. The molecule has 0 aromatic heterocycles. The van der Waals surface area contributed by atoms with Gasteiger partial charge in [0.05, 0.1) is 0 Å². The molecule has 0 saturated carbocycles. The molecule has 1 aromatic rings. The van der Waals surface area contributed by atoms with Crippen molar-refractivity contribution in [2.75, 3.05) is 37.6 Å². The van der Waals surface area contributed by atoms with Crippen LogP contribution in [0.15, 0.2) is 24.3 Å². The fraction of sp³-hybridized carbons (Fsp3) is 0.526. The number of amides is 1. The van der Waals surface area contributed by atoms with Gasteiger partial charge in [0, 0.05) is 50.4 Å². The van der Waals surface area contributed by atoms with Gasteiger partial charge in [-0.05, 0) is 45.0 Å². The normalized spacial score (nSPS) is 14.5. The minimum Gasteiger partial charge on any atom is -0.444 e. The zero-order chi connectivity index (χ0) is 17.4. The third kappa shape index (κ3) is 6.51. The molecule has 2 rings (SSSR count). The molecule has 1 aliphatic heterocycles. The molecule has 1 saturated heterocycles. The van der Waals surface area contributed by atoms with Gasteiger partial charge >= 0.3 is 6.09 Å². The molecule has 0 unspecified atom stereocenters. The van der Waals surface area contributed by atoms with E-state index in [4.69, 9.17) is 4.74 Å². The Hall–Kier alpha value is -2.19. The summed E-state index contributed by atoms with van der Waals surface area (Å²) in [6.07, 6.45) is 0.198. The summed E-state index contributed by atoms with van der Waals surface area (Å²) < 4.78 is 5.17. The van der Waals surface area contributed by atoms with Crippen molar-refractivity contribution in [1.29, 1.82) is 0 Å². The van der Waals surface area contributed by atoms with E-state index in [1.54, 1.807) is 0 Å². The molecule has 0 bridgehead atoms. The Bertz CT molecular complexity index is 588. The number of hydrogen-bond donors (Lipinski definition) is 2. The molecular formula is C19H27N3O2. The topological polar surface area (TPSA) is 53.6 Å². The number of carbonyl (C=O) groups is 1. The van der Waals surface area contributed by atoms with Crippen molar-refractivity contribution in [3.63, 3.8) is 0 Å². The fourth-order valence-electron chi connectivity index (χ4n) is 2.38. The number of benzene rings is 1. The third-order valence-electron chi connectivity index (χ3n) is 3.50. The largest absolute Gasteiger partial charge is 0.444 e. The number of hydrogen-bond acceptors (Lipinski definition) is 4. The minimum atomic E-state index is -0.470. The van der Waals surface area contributed by atoms with Crippen LogP contribution in [0.4, 0.5) is 10.5 Å². The molecule has 1 fully saturated rings. The molecule has 1 amide bonds. The number of alkyl carbamates (subject to hydrolysis) is 1. The highest BCUT2D eigenvalue weighted by molar-refractivity contribution is 5.67. The van der Waals surface area contributed by atoms with Crippen LogP contribution < -0.4 is 15.5 Å². The zero-order valence-electron chi connectivity index (χ0n) is 14.8. The van der Waals surface area contributed by atoms with Gasteiger partial charge in [0.1, 0.15) is 5.60 Å². The third-order valence-corrected chi connectivity index (χ3v) is 3.50. The molecule has 5 nitrogen and oxygen atoms in total. The second-order valence-electron chi connectivity index (χ2n) is 6.76. The van der Waals surface area contributed by atoms with E-state index in [0.29, 0.717) is 13.0 Å². The van der Waals surface area contributed by atoms with Crippen LogP contribution in [-0.2, 0) is 4.74 Å². The number of carbonyl (C=O) groups excluding carboxylic acids is 1. The van der Waals surface area contributed by atoms with Crippen LogP contribution in [0, 0.1) is 11.8 Å². The lowest BCUT2D eigenvalue weighted by Crippen LogP contribution is -2.43. The molecule has 2 N–H and O–H groups in total. The maximum absolute atomic E-state index is 11.5. The fourth-order valence-corrected chi connectivity index (χ4v) is 2.38. The summed E-state index contributed by atoms with van der Waals surface area (Å²) >= 11 is 0. The summed E-state index contributed by atoms with van der Waals surface area (Å²) in [5, 5.41) is 6.05. The van der Waals surface area contributed by atoms with Crippen LogP contribution in [0.5, 0.6) is 0 Å². The van der Waals surface area contributed by atoms with Gasteiger partial charge in [0.2, 0.25) is 0 Å². The average molecular weight is 329 g/mol. The van der Waals surface area contributed by atoms with E-state index in [1.165, 1.54) is 5.69 Å². The molecular weight excluding hydrogens is 302 g/mol. The maximum Gasteiger partial charge on any atom is 0.407 e. The molecule has 0 spiro atoms. The van der Waals surface area contributed by atoms with Crippen molar-refractivity contribution in [3.05, 3.63) is 29.8 Å². The Morgan fingerprint density at radius 3 is 2.54 bits per heavy atom. The summed E-state index contributed by atoms with van der Waals surface area (Å²) in [6, 6.07) is 8.33. The van der Waals surface area contributed by atoms with Gasteiger partial charge in [-0.1, -0.05) is 11.8 Å². The Labute approximate surface area is 144 Å². The first kappa shape index (κ1) is 18.2. The van der Waals surface area contributed by atoms with Crippen molar-refractivity contribution in [2.24, 2.45) is 0 Å². The van der Waals surface area contributed by atoms with Gasteiger partial charge in [-0.2, -0.15) is 0 Å². The lowest BCUT2D eigenvalue weighted by atomic mass is 10.2. The second kappa shape index (κ2) is 8.60. The summed E-state index contributed by atoms with van der Waals surface area (Å²) in [5.74, 6) is 6.20. The molecule has 5 heteroatoms. The number of piperazine rings is 1. The Balaban J connectivity index is 1.74. The Morgan fingerprint density at radius 2 is 1.92 bits per heavy atom. The lowest BCUT2D eigenvalue weighted by Gasteiger charge is -2.29. The maximum atomic E-state index is 11.5. The highest BCUT2D eigenvalue weighted by Gasteiger charge is 2.15. The molecule has 0 radical (unpaired) electrons. The predicted molar refractivity (Wildman–Crippen MR) is 97.3 cm³/mol. The van der Waals surface area contributed by atoms with E-state index in [1.807, 2.05) is 32.9 Å². The van der Waals surface area contributed by atoms with Gasteiger partial charge in [-0.15, -0.1) is 0 Å². The number of ether oxygens (including phenoxy) is 1. The molecule has 1 heterocycles. The van der Waals surface area contributed by atoms with Crippen molar-refractivity contribution in [1.82, 2.24) is 10.6 Å². The van der Waals surface area contributed by atoms with Gasteiger partial charge in [-0.3, -0.25) is 0 Å². The van der Waals surface area contributed by atoms with Crippen LogP contribution in [0.1, 0.15) is 32.8 Å². The number of anilines is 1. The van der Waals surface area contributed by atoms with Gasteiger partial charge in [-0.25, -0.2) is 4.79 Å². The lowest BCUT2D eigenvalue weighted by molar-refractivity contribution is 0.0529. The number of nitrogens with one attached hydrogen (secondary N) is 2. The first-order valence-corrected chi connectivity index (χ1v) is 8.45. The monoisotopic (exact) mass is 329 g/mol. The van der Waals surface area contributed by atoms with Crippen molar-refractivity contribution in [3.8, 4) is 11.8 Å². The van der Waals surface area contributed by atoms with E-state index in [-0.39, 0.29) is 0 Å². The summed E-state index contributed by atoms with van der Waals surface area (Å²) in [5.41, 5.74) is 1.77. The first-order chi connectivity index (χ1) is 11.4. The van der Waals surface area contributed by atoms with E-state index >= 15 is 0 Å². The Kier molecular flexibility index (Phi) is 6.51. The van der Waals surface area contributed by atoms with Gasteiger partial charge in [0.15, 0.2) is 0 Å². The van der Waals surface area contributed by atoms with Gasteiger partial charge in [0.25, 0.3) is 0 Å². The standard InChI is InChI=1S/C19H27N3O2/c1-19(2,3)24-18(23)21-11-5-4-6-16-7-9-17(10-8-16)22-14-12-20-13-15-22/h7-10,20H,5,11-15H2,1-3H3,(H,21,23). The highest BCUT2D eigenvalue weighted by atomic mass is 16.6. The van der Waals surface area contributed by atoms with Crippen molar-refractivity contribution >= 4 is 11.8 Å². The molecule has 130 valence electrons. The van der Waals surface area contributed by atoms with Gasteiger partial charge < -0.3 is 20.3 Å². The second-order valence-corrected chi connectivity index (χ2v) is 6.76.